The van der Waals surface area contributed by atoms with Gasteiger partial charge in [-0.25, -0.2) is 20.8 Å². The maximum Gasteiger partial charge on any atom is 0.180 e. The molecule has 0 unspecified atom stereocenters. The summed E-state index contributed by atoms with van der Waals surface area (Å²) in [5.41, 5.74) is 5.92. The number of aryl methyl sites for hydroxylation is 2. The van der Waals surface area contributed by atoms with Crippen LogP contribution in [0.15, 0.2) is 12.5 Å². The van der Waals surface area contributed by atoms with Gasteiger partial charge in [-0.15, -0.1) is 0 Å². The molecule has 0 fully saturated rings. The number of imidazole rings is 1. The molecule has 2 heterocycles. The van der Waals surface area contributed by atoms with Gasteiger partial charge in [-0.1, -0.05) is 6.42 Å². The van der Waals surface area contributed by atoms with Gasteiger partial charge in [0.25, 0.3) is 0 Å². The first-order valence-electron chi connectivity index (χ1n) is 6.62. The predicted molar refractivity (Wildman–Crippen MR) is 73.3 cm³/mol. The van der Waals surface area contributed by atoms with E-state index in [0.717, 1.165) is 30.0 Å². The average molecular weight is 258 g/mol. The van der Waals surface area contributed by atoms with Crippen molar-refractivity contribution >= 4 is 5.82 Å². The van der Waals surface area contributed by atoms with Crippen molar-refractivity contribution < 1.29 is 0 Å². The van der Waals surface area contributed by atoms with Crippen LogP contribution in [0.3, 0.4) is 0 Å². The molecule has 3 N–H and O–H groups in total. The van der Waals surface area contributed by atoms with Crippen LogP contribution in [0.1, 0.15) is 30.5 Å². The van der Waals surface area contributed by atoms with Crippen LogP contribution in [-0.2, 0) is 19.9 Å². The fourth-order valence-electron chi connectivity index (χ4n) is 2.58. The smallest absolute Gasteiger partial charge is 0.180 e. The molecule has 6 nitrogen and oxygen atoms in total. The maximum absolute atomic E-state index is 5.62. The van der Waals surface area contributed by atoms with Crippen molar-refractivity contribution in [2.24, 2.45) is 12.9 Å². The van der Waals surface area contributed by atoms with Crippen molar-refractivity contribution in [3.05, 3.63) is 23.8 Å². The van der Waals surface area contributed by atoms with Crippen molar-refractivity contribution in [2.75, 3.05) is 5.43 Å². The van der Waals surface area contributed by atoms with Gasteiger partial charge < -0.3 is 9.99 Å². The standard InChI is InChI=1S/C13H18N6/c1-19-8-15-7-11(19)13-16-10-6-4-2-3-5-9(10)12(17-13)18-14/h7-8H,2-6,14H2,1H3,(H,16,17,18). The second kappa shape index (κ2) is 4.97. The second-order valence-corrected chi connectivity index (χ2v) is 4.92. The Hall–Kier alpha value is -1.95. The highest BCUT2D eigenvalue weighted by Gasteiger charge is 2.18. The number of hydrazine groups is 1. The monoisotopic (exact) mass is 258 g/mol. The summed E-state index contributed by atoms with van der Waals surface area (Å²) in [6.45, 7) is 0. The van der Waals surface area contributed by atoms with Crippen LogP contribution < -0.4 is 11.3 Å². The molecule has 3 rings (SSSR count). The SMILES string of the molecule is Cn1cncc1-c1nc2c(c(NN)n1)CCCCC2. The molecule has 2 aromatic rings. The van der Waals surface area contributed by atoms with Gasteiger partial charge in [0, 0.05) is 18.3 Å². The highest BCUT2D eigenvalue weighted by atomic mass is 15.3. The van der Waals surface area contributed by atoms with Crippen molar-refractivity contribution in [1.82, 2.24) is 19.5 Å². The molecule has 6 heteroatoms. The molecule has 0 saturated heterocycles. The Balaban J connectivity index is 2.13. The lowest BCUT2D eigenvalue weighted by molar-refractivity contribution is 0.709. The number of hydrogen-bond acceptors (Lipinski definition) is 5. The molecule has 0 radical (unpaired) electrons. The Morgan fingerprint density at radius 1 is 1.21 bits per heavy atom. The summed E-state index contributed by atoms with van der Waals surface area (Å²) in [4.78, 5) is 13.4. The normalized spacial score (nSPS) is 14.8. The zero-order valence-electron chi connectivity index (χ0n) is 11.1. The number of aromatic nitrogens is 4. The van der Waals surface area contributed by atoms with Crippen molar-refractivity contribution in [3.63, 3.8) is 0 Å². The van der Waals surface area contributed by atoms with Crippen molar-refractivity contribution in [3.8, 4) is 11.5 Å². The number of rotatable bonds is 2. The number of nitrogens with zero attached hydrogens (tertiary/aromatic N) is 4. The van der Waals surface area contributed by atoms with E-state index >= 15 is 0 Å². The molecule has 100 valence electrons. The number of nitrogen functional groups attached to an aromatic ring is 1. The Kier molecular flexibility index (Phi) is 3.16. The van der Waals surface area contributed by atoms with Crippen LogP contribution in [0.25, 0.3) is 11.5 Å². The average Bonchev–Trinajstić information content (AvgIpc) is 2.71. The largest absolute Gasteiger partial charge is 0.331 e. The maximum atomic E-state index is 5.62. The lowest BCUT2D eigenvalue weighted by atomic mass is 10.1. The third kappa shape index (κ3) is 2.19. The Morgan fingerprint density at radius 2 is 2.05 bits per heavy atom. The van der Waals surface area contributed by atoms with Crippen molar-refractivity contribution in [1.29, 1.82) is 0 Å². The first-order chi connectivity index (χ1) is 9.29. The van der Waals surface area contributed by atoms with E-state index < -0.39 is 0 Å². The van der Waals surface area contributed by atoms with Gasteiger partial charge in [0.1, 0.15) is 11.5 Å². The van der Waals surface area contributed by atoms with Gasteiger partial charge in [0.2, 0.25) is 0 Å². The molecule has 19 heavy (non-hydrogen) atoms. The summed E-state index contributed by atoms with van der Waals surface area (Å²) >= 11 is 0. The molecule has 1 aliphatic carbocycles. The predicted octanol–water partition coefficient (Wildman–Crippen LogP) is 1.43. The minimum Gasteiger partial charge on any atom is -0.331 e. The minimum absolute atomic E-state index is 0.689. The highest BCUT2D eigenvalue weighted by Crippen LogP contribution is 2.27. The summed E-state index contributed by atoms with van der Waals surface area (Å²) in [5, 5.41) is 0. The van der Waals surface area contributed by atoms with E-state index in [1.807, 2.05) is 11.6 Å². The molecular formula is C13H18N6. The van der Waals surface area contributed by atoms with Crippen molar-refractivity contribution in [2.45, 2.75) is 32.1 Å². The summed E-state index contributed by atoms with van der Waals surface area (Å²) in [5.74, 6) is 7.06. The van der Waals surface area contributed by atoms with Crippen LogP contribution in [0.4, 0.5) is 5.82 Å². The van der Waals surface area contributed by atoms with E-state index in [4.69, 9.17) is 10.8 Å². The van der Waals surface area contributed by atoms with Crippen LogP contribution in [0.5, 0.6) is 0 Å². The molecule has 0 spiro atoms. The molecule has 0 aromatic carbocycles. The van der Waals surface area contributed by atoms with Gasteiger partial charge in [0.15, 0.2) is 5.82 Å². The van der Waals surface area contributed by atoms with Crippen LogP contribution >= 0.6 is 0 Å². The molecule has 1 aliphatic rings. The molecule has 2 aromatic heterocycles. The first-order valence-corrected chi connectivity index (χ1v) is 6.62. The summed E-state index contributed by atoms with van der Waals surface area (Å²) in [7, 11) is 1.94. The molecular weight excluding hydrogens is 240 g/mol. The van der Waals surface area contributed by atoms with Gasteiger partial charge in [0.05, 0.1) is 12.5 Å². The number of nitrogens with one attached hydrogen (secondary N) is 1. The minimum atomic E-state index is 0.689. The zero-order valence-corrected chi connectivity index (χ0v) is 11.1. The van der Waals surface area contributed by atoms with Crippen LogP contribution in [0, 0.1) is 0 Å². The van der Waals surface area contributed by atoms with Gasteiger partial charge in [-0.2, -0.15) is 0 Å². The molecule has 0 atom stereocenters. The number of anilines is 1. The third-order valence-corrected chi connectivity index (χ3v) is 3.62. The number of fused-ring (bicyclic) bond motifs is 1. The summed E-state index contributed by atoms with van der Waals surface area (Å²) in [6.07, 6.45) is 9.12. The van der Waals surface area contributed by atoms with E-state index in [-0.39, 0.29) is 0 Å². The third-order valence-electron chi connectivity index (χ3n) is 3.62. The van der Waals surface area contributed by atoms with Gasteiger partial charge in [-0.05, 0) is 25.7 Å². The number of hydrogen-bond donors (Lipinski definition) is 2. The fourth-order valence-corrected chi connectivity index (χ4v) is 2.58. The zero-order chi connectivity index (χ0) is 13.2. The second-order valence-electron chi connectivity index (χ2n) is 4.92. The lowest BCUT2D eigenvalue weighted by Crippen LogP contribution is -2.14. The summed E-state index contributed by atoms with van der Waals surface area (Å²) < 4.78 is 1.92. The summed E-state index contributed by atoms with van der Waals surface area (Å²) in [6, 6.07) is 0. The lowest BCUT2D eigenvalue weighted by Gasteiger charge is -2.12. The van der Waals surface area contributed by atoms with Gasteiger partial charge >= 0.3 is 0 Å². The van der Waals surface area contributed by atoms with E-state index in [1.165, 1.54) is 24.8 Å². The Bertz CT molecular complexity index is 589. The van der Waals surface area contributed by atoms with Crippen LogP contribution in [-0.4, -0.2) is 19.5 Å². The Morgan fingerprint density at radius 3 is 2.79 bits per heavy atom. The first kappa shape index (κ1) is 12.1. The van der Waals surface area contributed by atoms with Gasteiger partial charge in [-0.3, -0.25) is 0 Å². The van der Waals surface area contributed by atoms with E-state index in [9.17, 15) is 0 Å². The fraction of sp³-hybridized carbons (Fsp3) is 0.462. The molecule has 0 amide bonds. The van der Waals surface area contributed by atoms with E-state index in [0.29, 0.717) is 5.82 Å². The highest BCUT2D eigenvalue weighted by molar-refractivity contribution is 5.56. The van der Waals surface area contributed by atoms with E-state index in [2.05, 4.69) is 15.4 Å². The van der Waals surface area contributed by atoms with Crippen LogP contribution in [0.2, 0.25) is 0 Å². The molecule has 0 saturated carbocycles. The van der Waals surface area contributed by atoms with E-state index in [1.54, 1.807) is 12.5 Å². The molecule has 0 bridgehead atoms. The quantitative estimate of drug-likeness (QED) is 0.484. The number of nitrogens with two attached hydrogens (primary N) is 1. The molecule has 0 aliphatic heterocycles. The Labute approximate surface area is 112 Å². The topological polar surface area (TPSA) is 81.7 Å².